The van der Waals surface area contributed by atoms with Gasteiger partial charge in [-0.25, -0.2) is 0 Å². The highest BCUT2D eigenvalue weighted by Gasteiger charge is 2.22. The van der Waals surface area contributed by atoms with E-state index in [4.69, 9.17) is 9.15 Å². The molecule has 1 unspecified atom stereocenters. The number of benzene rings is 1. The number of ketones is 1. The second-order valence-electron chi connectivity index (χ2n) is 7.39. The number of aromatic nitrogens is 1. The van der Waals surface area contributed by atoms with Crippen LogP contribution >= 0.6 is 0 Å². The maximum Gasteiger partial charge on any atom is 0.202 e. The SMILES string of the molecule is Cc1cc(C(=O)COc2cccc3c2CCCC3O)c(C)n1Cc1ccco1. The second kappa shape index (κ2) is 7.68. The Morgan fingerprint density at radius 1 is 1.29 bits per heavy atom. The van der Waals surface area contributed by atoms with Crippen LogP contribution in [-0.4, -0.2) is 22.1 Å². The number of hydrogen-bond donors (Lipinski definition) is 1. The van der Waals surface area contributed by atoms with Crippen LogP contribution in [0.25, 0.3) is 0 Å². The standard InChI is InChI=1S/C23H25NO4/c1-15-12-20(16(2)24(15)13-17-6-5-11-27-17)22(26)14-28-23-10-4-7-18-19(23)8-3-9-21(18)25/h4-7,10-12,21,25H,3,8-9,13-14H2,1-2H3. The number of furan rings is 1. The van der Waals surface area contributed by atoms with Gasteiger partial charge in [0, 0.05) is 17.0 Å². The predicted octanol–water partition coefficient (Wildman–Crippen LogP) is 4.38. The Morgan fingerprint density at radius 2 is 2.14 bits per heavy atom. The lowest BCUT2D eigenvalue weighted by Crippen LogP contribution is -2.16. The summed E-state index contributed by atoms with van der Waals surface area (Å²) >= 11 is 0. The maximum absolute atomic E-state index is 12.8. The number of ether oxygens (including phenoxy) is 1. The highest BCUT2D eigenvalue weighted by Crippen LogP contribution is 2.35. The van der Waals surface area contributed by atoms with Gasteiger partial charge in [0.05, 0.1) is 18.9 Å². The number of nitrogens with zero attached hydrogens (tertiary/aromatic N) is 1. The van der Waals surface area contributed by atoms with Crippen LogP contribution in [0.3, 0.4) is 0 Å². The topological polar surface area (TPSA) is 64.6 Å². The summed E-state index contributed by atoms with van der Waals surface area (Å²) in [7, 11) is 0. The zero-order valence-electron chi connectivity index (χ0n) is 16.3. The molecule has 1 N–H and O–H groups in total. The van der Waals surface area contributed by atoms with Crippen LogP contribution in [-0.2, 0) is 13.0 Å². The summed E-state index contributed by atoms with van der Waals surface area (Å²) in [6, 6.07) is 11.4. The first-order chi connectivity index (χ1) is 13.5. The van der Waals surface area contributed by atoms with Gasteiger partial charge in [0.15, 0.2) is 6.61 Å². The molecule has 3 aromatic rings. The molecule has 1 atom stereocenters. The number of aliphatic hydroxyl groups excluding tert-OH is 1. The van der Waals surface area contributed by atoms with Gasteiger partial charge in [-0.2, -0.15) is 0 Å². The molecule has 146 valence electrons. The summed E-state index contributed by atoms with van der Waals surface area (Å²) < 4.78 is 13.4. The molecule has 0 aliphatic heterocycles. The molecule has 28 heavy (non-hydrogen) atoms. The Kier molecular flexibility index (Phi) is 5.09. The van der Waals surface area contributed by atoms with E-state index in [1.54, 1.807) is 6.26 Å². The Bertz CT molecular complexity index is 984. The number of aliphatic hydroxyl groups is 1. The van der Waals surface area contributed by atoms with Crippen molar-refractivity contribution in [2.45, 2.75) is 45.8 Å². The number of rotatable bonds is 6. The van der Waals surface area contributed by atoms with Gasteiger partial charge in [-0.05, 0) is 68.5 Å². The fraction of sp³-hybridized carbons (Fsp3) is 0.348. The largest absolute Gasteiger partial charge is 0.485 e. The molecular weight excluding hydrogens is 354 g/mol. The first-order valence-corrected chi connectivity index (χ1v) is 9.69. The number of fused-ring (bicyclic) bond motifs is 1. The van der Waals surface area contributed by atoms with Gasteiger partial charge in [-0.15, -0.1) is 0 Å². The van der Waals surface area contributed by atoms with Crippen LogP contribution in [0, 0.1) is 13.8 Å². The van der Waals surface area contributed by atoms with E-state index in [0.717, 1.165) is 47.5 Å². The van der Waals surface area contributed by atoms with E-state index in [-0.39, 0.29) is 12.4 Å². The molecule has 1 aromatic carbocycles. The van der Waals surface area contributed by atoms with Crippen LogP contribution in [0.2, 0.25) is 0 Å². The Morgan fingerprint density at radius 3 is 2.93 bits per heavy atom. The Balaban J connectivity index is 1.50. The molecule has 0 bridgehead atoms. The molecule has 5 heteroatoms. The predicted molar refractivity (Wildman–Crippen MR) is 106 cm³/mol. The summed E-state index contributed by atoms with van der Waals surface area (Å²) in [5.41, 5.74) is 4.55. The van der Waals surface area contributed by atoms with Gasteiger partial charge >= 0.3 is 0 Å². The zero-order valence-corrected chi connectivity index (χ0v) is 16.3. The van der Waals surface area contributed by atoms with Gasteiger partial charge in [0.25, 0.3) is 0 Å². The van der Waals surface area contributed by atoms with Gasteiger partial charge < -0.3 is 18.8 Å². The molecule has 4 rings (SSSR count). The molecule has 0 radical (unpaired) electrons. The molecule has 0 saturated carbocycles. The summed E-state index contributed by atoms with van der Waals surface area (Å²) in [5, 5.41) is 10.2. The molecule has 1 aliphatic carbocycles. The van der Waals surface area contributed by atoms with Crippen molar-refractivity contribution >= 4 is 5.78 Å². The van der Waals surface area contributed by atoms with E-state index in [0.29, 0.717) is 17.9 Å². The molecule has 2 aromatic heterocycles. The molecular formula is C23H25NO4. The van der Waals surface area contributed by atoms with Crippen molar-refractivity contribution < 1.29 is 19.1 Å². The normalized spacial score (nSPS) is 16.0. The smallest absolute Gasteiger partial charge is 0.202 e. The zero-order chi connectivity index (χ0) is 19.7. The lowest BCUT2D eigenvalue weighted by Gasteiger charge is -2.23. The quantitative estimate of drug-likeness (QED) is 0.646. The first kappa shape index (κ1) is 18.6. The fourth-order valence-electron chi connectivity index (χ4n) is 4.03. The van der Waals surface area contributed by atoms with E-state index in [1.165, 1.54) is 0 Å². The van der Waals surface area contributed by atoms with Crippen LogP contribution in [0.15, 0.2) is 47.1 Å². The van der Waals surface area contributed by atoms with E-state index in [2.05, 4.69) is 4.57 Å². The van der Waals surface area contributed by atoms with E-state index >= 15 is 0 Å². The Labute approximate surface area is 164 Å². The molecule has 0 saturated heterocycles. The minimum Gasteiger partial charge on any atom is -0.485 e. The third-order valence-corrected chi connectivity index (χ3v) is 5.56. The molecule has 0 spiro atoms. The lowest BCUT2D eigenvalue weighted by molar-refractivity contribution is 0.0919. The van der Waals surface area contributed by atoms with Crippen molar-refractivity contribution in [3.8, 4) is 5.75 Å². The summed E-state index contributed by atoms with van der Waals surface area (Å²) in [6.07, 6.45) is 3.78. The van der Waals surface area contributed by atoms with Crippen LogP contribution in [0.1, 0.15) is 57.6 Å². The third kappa shape index (κ3) is 3.50. The van der Waals surface area contributed by atoms with Gasteiger partial charge in [-0.1, -0.05) is 12.1 Å². The number of Topliss-reactive ketones (excluding diaryl/α,β-unsaturated/α-hetero) is 1. The van der Waals surface area contributed by atoms with Crippen molar-refractivity contribution in [2.75, 3.05) is 6.61 Å². The van der Waals surface area contributed by atoms with Crippen LogP contribution < -0.4 is 4.74 Å². The summed E-state index contributed by atoms with van der Waals surface area (Å²) in [6.45, 7) is 4.52. The van der Waals surface area contributed by atoms with Crippen molar-refractivity contribution in [2.24, 2.45) is 0 Å². The second-order valence-corrected chi connectivity index (χ2v) is 7.39. The highest BCUT2D eigenvalue weighted by atomic mass is 16.5. The molecule has 1 aliphatic rings. The molecule has 0 fully saturated rings. The highest BCUT2D eigenvalue weighted by molar-refractivity contribution is 5.98. The van der Waals surface area contributed by atoms with E-state index in [1.807, 2.05) is 50.2 Å². The van der Waals surface area contributed by atoms with Crippen molar-refractivity contribution in [1.29, 1.82) is 0 Å². The minimum atomic E-state index is -0.441. The lowest BCUT2D eigenvalue weighted by atomic mass is 9.89. The van der Waals surface area contributed by atoms with Crippen molar-refractivity contribution in [3.63, 3.8) is 0 Å². The van der Waals surface area contributed by atoms with Gasteiger partial charge in [-0.3, -0.25) is 4.79 Å². The number of hydrogen-bond acceptors (Lipinski definition) is 4. The van der Waals surface area contributed by atoms with Gasteiger partial charge in [0.2, 0.25) is 5.78 Å². The molecule has 5 nitrogen and oxygen atoms in total. The maximum atomic E-state index is 12.8. The Hall–Kier alpha value is -2.79. The van der Waals surface area contributed by atoms with Gasteiger partial charge in [0.1, 0.15) is 11.5 Å². The average molecular weight is 379 g/mol. The molecule has 0 amide bonds. The summed E-state index contributed by atoms with van der Waals surface area (Å²) in [5.74, 6) is 1.51. The fourth-order valence-corrected chi connectivity index (χ4v) is 4.03. The van der Waals surface area contributed by atoms with Crippen LogP contribution in [0.5, 0.6) is 5.75 Å². The first-order valence-electron chi connectivity index (χ1n) is 9.69. The third-order valence-electron chi connectivity index (χ3n) is 5.56. The number of carbonyl (C=O) groups is 1. The van der Waals surface area contributed by atoms with Crippen LogP contribution in [0.4, 0.5) is 0 Å². The van der Waals surface area contributed by atoms with Crippen molar-refractivity contribution in [3.05, 3.63) is 76.5 Å². The summed E-state index contributed by atoms with van der Waals surface area (Å²) in [4.78, 5) is 12.8. The number of aryl methyl sites for hydroxylation is 1. The monoisotopic (exact) mass is 379 g/mol. The number of carbonyl (C=O) groups excluding carboxylic acids is 1. The minimum absolute atomic E-state index is 0.0163. The molecule has 2 heterocycles. The van der Waals surface area contributed by atoms with Crippen molar-refractivity contribution in [1.82, 2.24) is 4.57 Å². The van der Waals surface area contributed by atoms with E-state index < -0.39 is 6.10 Å². The average Bonchev–Trinajstić information content (AvgIpc) is 3.30. The van der Waals surface area contributed by atoms with E-state index in [9.17, 15) is 9.90 Å².